The highest BCUT2D eigenvalue weighted by Gasteiger charge is 2.24. The maximum absolute atomic E-state index is 13.2. The predicted molar refractivity (Wildman–Crippen MR) is 122 cm³/mol. The predicted octanol–water partition coefficient (Wildman–Crippen LogP) is 4.57. The van der Waals surface area contributed by atoms with Crippen molar-refractivity contribution in [3.05, 3.63) is 95.3 Å². The van der Waals surface area contributed by atoms with Crippen LogP contribution in [0.25, 0.3) is 0 Å². The van der Waals surface area contributed by atoms with Gasteiger partial charge in [0.25, 0.3) is 5.91 Å². The van der Waals surface area contributed by atoms with Crippen molar-refractivity contribution in [2.24, 2.45) is 0 Å². The van der Waals surface area contributed by atoms with E-state index in [0.29, 0.717) is 43.1 Å². The van der Waals surface area contributed by atoms with Gasteiger partial charge >= 0.3 is 0 Å². The van der Waals surface area contributed by atoms with Gasteiger partial charge in [0, 0.05) is 37.4 Å². The van der Waals surface area contributed by atoms with Crippen LogP contribution in [-0.4, -0.2) is 42.8 Å². The number of ketones is 1. The van der Waals surface area contributed by atoms with E-state index in [2.05, 4.69) is 4.90 Å². The smallest absolute Gasteiger partial charge is 0.257 e. The van der Waals surface area contributed by atoms with E-state index in [4.69, 9.17) is 4.74 Å². The number of Topliss-reactive ketones (excluding diaryl/α,β-unsaturated/α-hetero) is 1. The summed E-state index contributed by atoms with van der Waals surface area (Å²) in [4.78, 5) is 28.7. The van der Waals surface area contributed by atoms with Crippen molar-refractivity contribution in [2.45, 2.75) is 13.5 Å². The van der Waals surface area contributed by atoms with Gasteiger partial charge in [-0.15, -0.1) is 0 Å². The minimum absolute atomic E-state index is 0.0484. The molecule has 1 aliphatic heterocycles. The van der Waals surface area contributed by atoms with E-state index < -0.39 is 0 Å². The Morgan fingerprint density at radius 3 is 2.19 bits per heavy atom. The number of carbonyl (C=O) groups is 2. The molecule has 164 valence electrons. The monoisotopic (exact) mass is 432 g/mol. The minimum Gasteiger partial charge on any atom is -0.488 e. The Kier molecular flexibility index (Phi) is 6.50. The highest BCUT2D eigenvalue weighted by molar-refractivity contribution is 5.97. The third-order valence-corrected chi connectivity index (χ3v) is 5.63. The lowest BCUT2D eigenvalue weighted by Gasteiger charge is -2.36. The SMILES string of the molecule is CC(=O)c1ccc(N2CCN(C(=O)c3ccccc3OCc3ccc(F)cc3)CC2)cc1. The Hall–Kier alpha value is -3.67. The number of nitrogens with zero attached hydrogens (tertiary/aromatic N) is 2. The molecule has 3 aromatic rings. The van der Waals surface area contributed by atoms with Crippen LogP contribution in [0.5, 0.6) is 5.75 Å². The first-order chi connectivity index (χ1) is 15.5. The Labute approximate surface area is 187 Å². The molecule has 0 aromatic heterocycles. The van der Waals surface area contributed by atoms with Crippen LogP contribution in [0.1, 0.15) is 33.2 Å². The highest BCUT2D eigenvalue weighted by Crippen LogP contribution is 2.23. The van der Waals surface area contributed by atoms with Crippen LogP contribution in [-0.2, 0) is 6.61 Å². The van der Waals surface area contributed by atoms with Gasteiger partial charge in [0.2, 0.25) is 0 Å². The lowest BCUT2D eigenvalue weighted by Crippen LogP contribution is -2.48. The molecule has 0 aliphatic carbocycles. The van der Waals surface area contributed by atoms with Gasteiger partial charge in [0.15, 0.2) is 5.78 Å². The van der Waals surface area contributed by atoms with Gasteiger partial charge in [-0.3, -0.25) is 9.59 Å². The maximum atomic E-state index is 13.2. The van der Waals surface area contributed by atoms with Gasteiger partial charge in [-0.05, 0) is 61.0 Å². The molecule has 0 unspecified atom stereocenters. The van der Waals surface area contributed by atoms with Crippen LogP contribution in [0.2, 0.25) is 0 Å². The lowest BCUT2D eigenvalue weighted by molar-refractivity contribution is 0.0741. The van der Waals surface area contributed by atoms with E-state index in [-0.39, 0.29) is 24.1 Å². The second-order valence-electron chi connectivity index (χ2n) is 7.79. The van der Waals surface area contributed by atoms with Crippen molar-refractivity contribution in [3.63, 3.8) is 0 Å². The first-order valence-corrected chi connectivity index (χ1v) is 10.6. The summed E-state index contributed by atoms with van der Waals surface area (Å²) < 4.78 is 19.0. The molecule has 0 N–H and O–H groups in total. The molecular formula is C26H25FN2O3. The number of ether oxygens (including phenoxy) is 1. The summed E-state index contributed by atoms with van der Waals surface area (Å²) in [5.74, 6) is 0.209. The molecule has 0 bridgehead atoms. The van der Waals surface area contributed by atoms with Gasteiger partial charge in [-0.2, -0.15) is 0 Å². The van der Waals surface area contributed by atoms with E-state index in [1.54, 1.807) is 31.2 Å². The molecule has 1 aliphatic rings. The molecular weight excluding hydrogens is 407 g/mol. The minimum atomic E-state index is -0.293. The fourth-order valence-electron chi connectivity index (χ4n) is 3.76. The number of carbonyl (C=O) groups excluding carboxylic acids is 2. The first kappa shape index (κ1) is 21.6. The number of para-hydroxylation sites is 1. The zero-order valence-corrected chi connectivity index (χ0v) is 18.0. The summed E-state index contributed by atoms with van der Waals surface area (Å²) in [6, 6.07) is 20.9. The van der Waals surface area contributed by atoms with E-state index in [0.717, 1.165) is 11.3 Å². The molecule has 1 amide bonds. The average molecular weight is 432 g/mol. The Balaban J connectivity index is 1.38. The lowest BCUT2D eigenvalue weighted by atomic mass is 10.1. The third-order valence-electron chi connectivity index (χ3n) is 5.63. The summed E-state index contributed by atoms with van der Waals surface area (Å²) in [5.41, 5.74) is 3.09. The van der Waals surface area contributed by atoms with Crippen molar-refractivity contribution < 1.29 is 18.7 Å². The summed E-state index contributed by atoms with van der Waals surface area (Å²) in [7, 11) is 0. The van der Waals surface area contributed by atoms with E-state index in [1.807, 2.05) is 41.3 Å². The summed E-state index contributed by atoms with van der Waals surface area (Å²) in [6.07, 6.45) is 0. The van der Waals surface area contributed by atoms with Crippen molar-refractivity contribution >= 4 is 17.4 Å². The number of hydrogen-bond donors (Lipinski definition) is 0. The van der Waals surface area contributed by atoms with Crippen LogP contribution in [0, 0.1) is 5.82 Å². The molecule has 1 heterocycles. The zero-order chi connectivity index (χ0) is 22.5. The number of piperazine rings is 1. The third kappa shape index (κ3) is 4.97. The molecule has 4 rings (SSSR count). The fourth-order valence-corrected chi connectivity index (χ4v) is 3.76. The second-order valence-corrected chi connectivity index (χ2v) is 7.79. The molecule has 0 saturated carbocycles. The highest BCUT2D eigenvalue weighted by atomic mass is 19.1. The summed E-state index contributed by atoms with van der Waals surface area (Å²) in [6.45, 7) is 4.43. The molecule has 0 atom stereocenters. The van der Waals surface area contributed by atoms with Gasteiger partial charge in [-0.25, -0.2) is 4.39 Å². The number of halogens is 1. The summed E-state index contributed by atoms with van der Waals surface area (Å²) in [5, 5.41) is 0. The topological polar surface area (TPSA) is 49.9 Å². The van der Waals surface area contributed by atoms with Gasteiger partial charge in [-0.1, -0.05) is 24.3 Å². The van der Waals surface area contributed by atoms with E-state index in [1.165, 1.54) is 12.1 Å². The maximum Gasteiger partial charge on any atom is 0.257 e. The molecule has 1 fully saturated rings. The number of benzene rings is 3. The molecule has 6 heteroatoms. The first-order valence-electron chi connectivity index (χ1n) is 10.6. The van der Waals surface area contributed by atoms with E-state index >= 15 is 0 Å². The number of rotatable bonds is 6. The second kappa shape index (κ2) is 9.64. The largest absolute Gasteiger partial charge is 0.488 e. The molecule has 5 nitrogen and oxygen atoms in total. The quantitative estimate of drug-likeness (QED) is 0.536. The Bertz CT molecular complexity index is 1090. The standard InChI is InChI=1S/C26H25FN2O3/c1-19(30)21-8-12-23(13-9-21)28-14-16-29(17-15-28)26(31)24-4-2-3-5-25(24)32-18-20-6-10-22(27)11-7-20/h2-13H,14-18H2,1H3. The Morgan fingerprint density at radius 1 is 0.875 bits per heavy atom. The van der Waals surface area contributed by atoms with Crippen molar-refractivity contribution in [1.29, 1.82) is 0 Å². The van der Waals surface area contributed by atoms with Crippen molar-refractivity contribution in [1.82, 2.24) is 4.90 Å². The zero-order valence-electron chi connectivity index (χ0n) is 18.0. The van der Waals surface area contributed by atoms with Crippen LogP contribution >= 0.6 is 0 Å². The van der Waals surface area contributed by atoms with Gasteiger partial charge in [0.1, 0.15) is 18.2 Å². The Morgan fingerprint density at radius 2 is 1.53 bits per heavy atom. The number of hydrogen-bond acceptors (Lipinski definition) is 4. The molecule has 1 saturated heterocycles. The number of anilines is 1. The van der Waals surface area contributed by atoms with Crippen LogP contribution in [0.4, 0.5) is 10.1 Å². The molecule has 3 aromatic carbocycles. The van der Waals surface area contributed by atoms with E-state index in [9.17, 15) is 14.0 Å². The van der Waals surface area contributed by atoms with Crippen LogP contribution in [0.3, 0.4) is 0 Å². The van der Waals surface area contributed by atoms with Gasteiger partial charge < -0.3 is 14.5 Å². The van der Waals surface area contributed by atoms with Crippen LogP contribution < -0.4 is 9.64 Å². The molecule has 0 radical (unpaired) electrons. The summed E-state index contributed by atoms with van der Waals surface area (Å²) >= 11 is 0. The normalized spacial score (nSPS) is 13.7. The van der Waals surface area contributed by atoms with Gasteiger partial charge in [0.05, 0.1) is 5.56 Å². The van der Waals surface area contributed by atoms with Crippen molar-refractivity contribution in [3.8, 4) is 5.75 Å². The molecule has 32 heavy (non-hydrogen) atoms. The van der Waals surface area contributed by atoms with Crippen molar-refractivity contribution in [2.75, 3.05) is 31.1 Å². The fraction of sp³-hybridized carbons (Fsp3) is 0.231. The van der Waals surface area contributed by atoms with Crippen LogP contribution in [0.15, 0.2) is 72.8 Å². The average Bonchev–Trinajstić information content (AvgIpc) is 2.83. The number of amides is 1. The molecule has 0 spiro atoms.